The molecule has 0 atom stereocenters. The number of alkyl halides is 2. The Morgan fingerprint density at radius 3 is 2.67 bits per heavy atom. The minimum absolute atomic E-state index is 0.194. The highest BCUT2D eigenvalue weighted by atomic mass is 79.9. The third-order valence-corrected chi connectivity index (χ3v) is 2.26. The largest absolute Gasteiger partial charge is 0.494 e. The average molecular weight is 282 g/mol. The maximum absolute atomic E-state index is 12.4. The van der Waals surface area contributed by atoms with Crippen LogP contribution >= 0.6 is 15.9 Å². The lowest BCUT2D eigenvalue weighted by Gasteiger charge is -2.08. The van der Waals surface area contributed by atoms with Crippen LogP contribution in [0.25, 0.3) is 0 Å². The van der Waals surface area contributed by atoms with E-state index in [1.807, 2.05) is 0 Å². The van der Waals surface area contributed by atoms with Crippen LogP contribution < -0.4 is 4.74 Å². The summed E-state index contributed by atoms with van der Waals surface area (Å²) >= 11 is 2.77. The van der Waals surface area contributed by atoms with Gasteiger partial charge in [-0.25, -0.2) is 18.6 Å². The van der Waals surface area contributed by atoms with E-state index >= 15 is 0 Å². The van der Waals surface area contributed by atoms with Gasteiger partial charge < -0.3 is 9.84 Å². The molecule has 0 aliphatic carbocycles. The standard InChI is InChI=1S/C8H6BrF2NO3/c1-15-4-2-3(7(10)11)6(9)12-5(4)8(13)14/h2,7H,1H3,(H,13,14). The molecule has 4 nitrogen and oxygen atoms in total. The van der Waals surface area contributed by atoms with E-state index < -0.39 is 23.7 Å². The van der Waals surface area contributed by atoms with Gasteiger partial charge in [-0.1, -0.05) is 0 Å². The summed E-state index contributed by atoms with van der Waals surface area (Å²) in [6.07, 6.45) is -2.75. The summed E-state index contributed by atoms with van der Waals surface area (Å²) in [5, 5.41) is 8.70. The molecule has 1 N–H and O–H groups in total. The maximum Gasteiger partial charge on any atom is 0.358 e. The molecule has 0 aliphatic rings. The first kappa shape index (κ1) is 11.8. The Balaban J connectivity index is 3.35. The quantitative estimate of drug-likeness (QED) is 0.865. The monoisotopic (exact) mass is 281 g/mol. The van der Waals surface area contributed by atoms with Gasteiger partial charge >= 0.3 is 5.97 Å². The maximum atomic E-state index is 12.4. The minimum atomic E-state index is -2.75. The number of carbonyl (C=O) groups is 1. The van der Waals surface area contributed by atoms with E-state index in [0.717, 1.165) is 6.07 Å². The lowest BCUT2D eigenvalue weighted by atomic mass is 10.2. The highest BCUT2D eigenvalue weighted by molar-refractivity contribution is 9.10. The van der Waals surface area contributed by atoms with Crippen molar-refractivity contribution >= 4 is 21.9 Å². The first-order valence-corrected chi connectivity index (χ1v) is 4.52. The van der Waals surface area contributed by atoms with Crippen LogP contribution in [0.1, 0.15) is 22.5 Å². The zero-order valence-electron chi connectivity index (χ0n) is 7.50. The van der Waals surface area contributed by atoms with Gasteiger partial charge in [-0.05, 0) is 22.0 Å². The molecule has 1 rings (SSSR count). The van der Waals surface area contributed by atoms with E-state index in [2.05, 4.69) is 25.7 Å². The first-order chi connectivity index (χ1) is 6.97. The van der Waals surface area contributed by atoms with Crippen LogP contribution in [-0.4, -0.2) is 23.2 Å². The topological polar surface area (TPSA) is 59.4 Å². The van der Waals surface area contributed by atoms with E-state index in [0.29, 0.717) is 0 Å². The van der Waals surface area contributed by atoms with Gasteiger partial charge in [0.1, 0.15) is 4.60 Å². The summed E-state index contributed by atoms with van der Waals surface area (Å²) < 4.78 is 29.3. The number of hydrogen-bond acceptors (Lipinski definition) is 3. The van der Waals surface area contributed by atoms with Crippen molar-refractivity contribution < 1.29 is 23.4 Å². The predicted molar refractivity (Wildman–Crippen MR) is 50.4 cm³/mol. The molecule has 1 aromatic rings. The van der Waals surface area contributed by atoms with Crippen LogP contribution in [0.2, 0.25) is 0 Å². The van der Waals surface area contributed by atoms with E-state index in [1.54, 1.807) is 0 Å². The second-order valence-corrected chi connectivity index (χ2v) is 3.28. The first-order valence-electron chi connectivity index (χ1n) is 3.73. The Bertz CT molecular complexity index is 398. The fraction of sp³-hybridized carbons (Fsp3) is 0.250. The van der Waals surface area contributed by atoms with E-state index in [-0.39, 0.29) is 10.4 Å². The van der Waals surface area contributed by atoms with Crippen LogP contribution in [0.4, 0.5) is 8.78 Å². The molecular weight excluding hydrogens is 276 g/mol. The second-order valence-electron chi connectivity index (χ2n) is 2.53. The zero-order chi connectivity index (χ0) is 11.6. The number of halogens is 3. The molecule has 0 aliphatic heterocycles. The number of rotatable bonds is 3. The van der Waals surface area contributed by atoms with Gasteiger partial charge in [0.25, 0.3) is 6.43 Å². The van der Waals surface area contributed by atoms with Crippen LogP contribution in [-0.2, 0) is 0 Å². The van der Waals surface area contributed by atoms with Crippen molar-refractivity contribution in [1.82, 2.24) is 4.98 Å². The summed E-state index contributed by atoms with van der Waals surface area (Å²) in [6, 6.07) is 0.950. The predicted octanol–water partition coefficient (Wildman–Crippen LogP) is 2.49. The number of hydrogen-bond donors (Lipinski definition) is 1. The third-order valence-electron chi connectivity index (χ3n) is 1.63. The van der Waals surface area contributed by atoms with Crippen molar-refractivity contribution in [3.05, 3.63) is 21.9 Å². The zero-order valence-corrected chi connectivity index (χ0v) is 9.09. The van der Waals surface area contributed by atoms with Crippen LogP contribution in [0.3, 0.4) is 0 Å². The van der Waals surface area contributed by atoms with Gasteiger partial charge in [0.15, 0.2) is 11.4 Å². The van der Waals surface area contributed by atoms with Crippen LogP contribution in [0.5, 0.6) is 5.75 Å². The molecule has 82 valence electrons. The van der Waals surface area contributed by atoms with Crippen molar-refractivity contribution in [3.8, 4) is 5.75 Å². The molecule has 0 radical (unpaired) electrons. The Morgan fingerprint density at radius 1 is 1.67 bits per heavy atom. The molecule has 7 heteroatoms. The number of aromatic nitrogens is 1. The molecule has 0 spiro atoms. The SMILES string of the molecule is COc1cc(C(F)F)c(Br)nc1C(=O)O. The Kier molecular flexibility index (Phi) is 3.57. The molecule has 0 fully saturated rings. The second kappa shape index (κ2) is 4.52. The fourth-order valence-corrected chi connectivity index (χ4v) is 1.41. The van der Waals surface area contributed by atoms with Gasteiger partial charge in [0.2, 0.25) is 0 Å². The average Bonchev–Trinajstić information content (AvgIpc) is 2.16. The lowest BCUT2D eigenvalue weighted by molar-refractivity contribution is 0.0685. The minimum Gasteiger partial charge on any atom is -0.494 e. The Morgan fingerprint density at radius 2 is 2.27 bits per heavy atom. The van der Waals surface area contributed by atoms with Crippen LogP contribution in [0.15, 0.2) is 10.7 Å². The summed E-state index contributed by atoms with van der Waals surface area (Å²) in [5.41, 5.74) is -0.814. The van der Waals surface area contributed by atoms with Gasteiger partial charge in [-0.3, -0.25) is 0 Å². The summed E-state index contributed by atoms with van der Waals surface area (Å²) in [6.45, 7) is 0. The van der Waals surface area contributed by atoms with E-state index in [9.17, 15) is 13.6 Å². The number of pyridine rings is 1. The molecule has 1 aromatic heterocycles. The molecule has 15 heavy (non-hydrogen) atoms. The van der Waals surface area contributed by atoms with Gasteiger partial charge in [0.05, 0.1) is 12.7 Å². The van der Waals surface area contributed by atoms with Crippen molar-refractivity contribution in [1.29, 1.82) is 0 Å². The molecule has 1 heterocycles. The highest BCUT2D eigenvalue weighted by Crippen LogP contribution is 2.30. The lowest BCUT2D eigenvalue weighted by Crippen LogP contribution is -2.06. The van der Waals surface area contributed by atoms with Gasteiger partial charge in [-0.2, -0.15) is 0 Å². The Labute approximate surface area is 92.0 Å². The molecule has 0 unspecified atom stereocenters. The van der Waals surface area contributed by atoms with Crippen molar-refractivity contribution in [2.45, 2.75) is 6.43 Å². The van der Waals surface area contributed by atoms with Crippen molar-refractivity contribution in [2.24, 2.45) is 0 Å². The number of carboxylic acid groups (broad SMARTS) is 1. The fourth-order valence-electron chi connectivity index (χ4n) is 0.949. The number of nitrogens with zero attached hydrogens (tertiary/aromatic N) is 1. The normalized spacial score (nSPS) is 10.5. The smallest absolute Gasteiger partial charge is 0.358 e. The van der Waals surface area contributed by atoms with Gasteiger partial charge in [-0.15, -0.1) is 0 Å². The number of carboxylic acids is 1. The van der Waals surface area contributed by atoms with E-state index in [4.69, 9.17) is 5.11 Å². The van der Waals surface area contributed by atoms with E-state index in [1.165, 1.54) is 7.11 Å². The highest BCUT2D eigenvalue weighted by Gasteiger charge is 2.20. The number of ether oxygens (including phenoxy) is 1. The third kappa shape index (κ3) is 2.41. The number of aromatic carboxylic acids is 1. The summed E-state index contributed by atoms with van der Waals surface area (Å²) in [7, 11) is 1.19. The van der Waals surface area contributed by atoms with Crippen molar-refractivity contribution in [2.75, 3.05) is 7.11 Å². The molecule has 0 saturated heterocycles. The van der Waals surface area contributed by atoms with Gasteiger partial charge in [0, 0.05) is 0 Å². The molecule has 0 amide bonds. The Hall–Kier alpha value is -1.24. The summed E-state index contributed by atoms with van der Waals surface area (Å²) in [4.78, 5) is 14.1. The number of methoxy groups -OCH3 is 1. The molecule has 0 aromatic carbocycles. The van der Waals surface area contributed by atoms with Crippen molar-refractivity contribution in [3.63, 3.8) is 0 Å². The molecular formula is C8H6BrF2NO3. The van der Waals surface area contributed by atoms with Crippen LogP contribution in [0, 0.1) is 0 Å². The summed E-state index contributed by atoms with van der Waals surface area (Å²) in [5.74, 6) is -1.53. The molecule has 0 saturated carbocycles. The molecule has 0 bridgehead atoms.